The van der Waals surface area contributed by atoms with Gasteiger partial charge in [0.1, 0.15) is 0 Å². The number of hydroxylamine groups is 2. The Labute approximate surface area is 153 Å². The van der Waals surface area contributed by atoms with Crippen molar-refractivity contribution in [2.45, 2.75) is 44.9 Å². The summed E-state index contributed by atoms with van der Waals surface area (Å²) in [6, 6.07) is 6.02. The molecule has 4 fully saturated rings. The Morgan fingerprint density at radius 1 is 0.962 bits per heavy atom. The summed E-state index contributed by atoms with van der Waals surface area (Å²) in [5.74, 6) is 1.83. The number of benzene rings is 1. The molecule has 1 aromatic rings. The van der Waals surface area contributed by atoms with E-state index >= 15 is 0 Å². The molecule has 140 valence electrons. The molecule has 0 heterocycles. The molecule has 4 bridgehead atoms. The summed E-state index contributed by atoms with van der Waals surface area (Å²) in [7, 11) is 0. The zero-order valence-electron chi connectivity index (χ0n) is 14.9. The second kappa shape index (κ2) is 7.00. The summed E-state index contributed by atoms with van der Waals surface area (Å²) in [5.41, 5.74) is 5.21. The van der Waals surface area contributed by atoms with Gasteiger partial charge in [0.15, 0.2) is 0 Å². The lowest BCUT2D eigenvalue weighted by Gasteiger charge is -2.57. The first kappa shape index (κ1) is 17.5. The van der Waals surface area contributed by atoms with Crippen molar-refractivity contribution in [2.75, 3.05) is 6.61 Å². The van der Waals surface area contributed by atoms with Crippen LogP contribution >= 0.6 is 0 Å². The van der Waals surface area contributed by atoms with Gasteiger partial charge in [-0.25, -0.2) is 11.0 Å². The van der Waals surface area contributed by atoms with Crippen LogP contribution in [-0.4, -0.2) is 23.6 Å². The second-order valence-corrected chi connectivity index (χ2v) is 8.47. The number of hydrogen-bond donors (Lipinski definition) is 3. The molecule has 3 N–H and O–H groups in total. The van der Waals surface area contributed by atoms with Crippen LogP contribution in [0.4, 0.5) is 0 Å². The first-order valence-electron chi connectivity index (χ1n) is 9.53. The maximum atomic E-state index is 12.1. The third kappa shape index (κ3) is 3.48. The SMILES string of the molecule is O=C(NO)c1ccc(C(=O)NOCCC23CC4CC(CC(C4)C2)C3)cc1. The van der Waals surface area contributed by atoms with E-state index < -0.39 is 5.91 Å². The Hall–Kier alpha value is -1.92. The van der Waals surface area contributed by atoms with Gasteiger partial charge in [0, 0.05) is 11.1 Å². The topological polar surface area (TPSA) is 87.7 Å². The van der Waals surface area contributed by atoms with Crippen molar-refractivity contribution in [3.05, 3.63) is 35.4 Å². The minimum absolute atomic E-state index is 0.284. The Balaban J connectivity index is 1.25. The number of hydrogen-bond acceptors (Lipinski definition) is 4. The van der Waals surface area contributed by atoms with Crippen molar-refractivity contribution in [3.8, 4) is 0 Å². The average molecular weight is 358 g/mol. The Morgan fingerprint density at radius 3 is 1.96 bits per heavy atom. The molecule has 0 aliphatic heterocycles. The van der Waals surface area contributed by atoms with Crippen molar-refractivity contribution in [1.82, 2.24) is 11.0 Å². The number of carbonyl (C=O) groups is 2. The van der Waals surface area contributed by atoms with Gasteiger partial charge >= 0.3 is 0 Å². The van der Waals surface area contributed by atoms with E-state index in [0.717, 1.165) is 24.2 Å². The van der Waals surface area contributed by atoms with E-state index in [4.69, 9.17) is 10.0 Å². The van der Waals surface area contributed by atoms with Crippen molar-refractivity contribution in [3.63, 3.8) is 0 Å². The Bertz CT molecular complexity index is 650. The van der Waals surface area contributed by atoms with Crippen LogP contribution in [0.2, 0.25) is 0 Å². The Morgan fingerprint density at radius 2 is 1.46 bits per heavy atom. The van der Waals surface area contributed by atoms with Gasteiger partial charge in [0.05, 0.1) is 6.61 Å². The predicted octanol–water partition coefficient (Wildman–Crippen LogP) is 3.07. The fourth-order valence-corrected chi connectivity index (χ4v) is 5.88. The summed E-state index contributed by atoms with van der Waals surface area (Å²) in [6.07, 6.45) is 9.33. The van der Waals surface area contributed by atoms with Crippen LogP contribution in [-0.2, 0) is 4.84 Å². The Kier molecular flexibility index (Phi) is 4.71. The molecule has 4 saturated carbocycles. The lowest BCUT2D eigenvalue weighted by molar-refractivity contribution is -0.0751. The minimum atomic E-state index is -0.608. The van der Waals surface area contributed by atoms with Crippen molar-refractivity contribution in [1.29, 1.82) is 0 Å². The maximum absolute atomic E-state index is 12.1. The van der Waals surface area contributed by atoms with E-state index in [2.05, 4.69) is 5.48 Å². The summed E-state index contributed by atoms with van der Waals surface area (Å²) >= 11 is 0. The van der Waals surface area contributed by atoms with Crippen LogP contribution in [0.3, 0.4) is 0 Å². The van der Waals surface area contributed by atoms with Crippen molar-refractivity contribution >= 4 is 11.8 Å². The number of rotatable bonds is 6. The number of nitrogens with one attached hydrogen (secondary N) is 2. The third-order valence-electron chi connectivity index (χ3n) is 6.58. The molecule has 0 spiro atoms. The first-order valence-corrected chi connectivity index (χ1v) is 9.53. The van der Waals surface area contributed by atoms with E-state index in [0.29, 0.717) is 17.6 Å². The molecule has 5 rings (SSSR count). The van der Waals surface area contributed by atoms with Gasteiger partial charge in [0.2, 0.25) is 0 Å². The summed E-state index contributed by atoms with van der Waals surface area (Å²) in [4.78, 5) is 28.9. The summed E-state index contributed by atoms with van der Waals surface area (Å²) < 4.78 is 0. The van der Waals surface area contributed by atoms with Crippen LogP contribution in [0.15, 0.2) is 24.3 Å². The number of amides is 2. The van der Waals surface area contributed by atoms with Crippen molar-refractivity contribution < 1.29 is 19.6 Å². The molecule has 26 heavy (non-hydrogen) atoms. The predicted molar refractivity (Wildman–Crippen MR) is 94.3 cm³/mol. The quantitative estimate of drug-likeness (QED) is 0.414. The van der Waals surface area contributed by atoms with Gasteiger partial charge in [-0.15, -0.1) is 0 Å². The van der Waals surface area contributed by atoms with E-state index in [1.807, 2.05) is 0 Å². The highest BCUT2D eigenvalue weighted by molar-refractivity contribution is 5.97. The largest absolute Gasteiger partial charge is 0.288 e. The van der Waals surface area contributed by atoms with E-state index in [-0.39, 0.29) is 11.5 Å². The van der Waals surface area contributed by atoms with Crippen LogP contribution in [0.1, 0.15) is 65.7 Å². The molecule has 1 aromatic carbocycles. The van der Waals surface area contributed by atoms with Gasteiger partial charge in [-0.05, 0) is 92.4 Å². The standard InChI is InChI=1S/C20H26N2O4/c23-18(21-25)16-1-3-17(4-2-16)19(24)22-26-6-5-20-10-13-7-14(11-20)9-15(8-13)12-20/h1-4,13-15,25H,5-12H2,(H,21,23)(H,22,24). The van der Waals surface area contributed by atoms with Gasteiger partial charge in [-0.1, -0.05) is 0 Å². The molecule has 2 amide bonds. The zero-order valence-corrected chi connectivity index (χ0v) is 14.9. The monoisotopic (exact) mass is 358 g/mol. The molecular formula is C20H26N2O4. The van der Waals surface area contributed by atoms with E-state index in [9.17, 15) is 9.59 Å². The molecular weight excluding hydrogens is 332 g/mol. The molecule has 6 nitrogen and oxygen atoms in total. The highest BCUT2D eigenvalue weighted by atomic mass is 16.6. The molecule has 4 aliphatic rings. The van der Waals surface area contributed by atoms with Gasteiger partial charge < -0.3 is 0 Å². The van der Waals surface area contributed by atoms with Gasteiger partial charge in [-0.2, -0.15) is 0 Å². The maximum Gasteiger partial charge on any atom is 0.274 e. The lowest BCUT2D eigenvalue weighted by Crippen LogP contribution is -2.46. The van der Waals surface area contributed by atoms with Crippen LogP contribution in [0, 0.1) is 23.2 Å². The zero-order chi connectivity index (χ0) is 18.1. The highest BCUT2D eigenvalue weighted by Gasteiger charge is 2.50. The lowest BCUT2D eigenvalue weighted by atomic mass is 9.49. The smallest absolute Gasteiger partial charge is 0.274 e. The van der Waals surface area contributed by atoms with E-state index in [1.54, 1.807) is 5.48 Å². The molecule has 6 heteroatoms. The molecule has 0 radical (unpaired) electrons. The van der Waals surface area contributed by atoms with Crippen LogP contribution < -0.4 is 11.0 Å². The van der Waals surface area contributed by atoms with Gasteiger partial charge in [-0.3, -0.25) is 19.6 Å². The fourth-order valence-electron chi connectivity index (χ4n) is 5.88. The van der Waals surface area contributed by atoms with Crippen LogP contribution in [0.5, 0.6) is 0 Å². The molecule has 0 saturated heterocycles. The first-order chi connectivity index (χ1) is 12.6. The van der Waals surface area contributed by atoms with Gasteiger partial charge in [0.25, 0.3) is 11.8 Å². The normalized spacial score (nSPS) is 31.7. The molecule has 0 unspecified atom stereocenters. The molecule has 0 aromatic heterocycles. The summed E-state index contributed by atoms with van der Waals surface area (Å²) in [6.45, 7) is 0.545. The van der Waals surface area contributed by atoms with Crippen LogP contribution in [0.25, 0.3) is 0 Å². The third-order valence-corrected chi connectivity index (χ3v) is 6.58. The van der Waals surface area contributed by atoms with Crippen molar-refractivity contribution in [2.24, 2.45) is 23.2 Å². The average Bonchev–Trinajstić information content (AvgIpc) is 2.63. The van der Waals surface area contributed by atoms with E-state index in [1.165, 1.54) is 62.8 Å². The summed E-state index contributed by atoms with van der Waals surface area (Å²) in [5, 5.41) is 8.60. The highest BCUT2D eigenvalue weighted by Crippen LogP contribution is 2.61. The number of carbonyl (C=O) groups excluding carboxylic acids is 2. The minimum Gasteiger partial charge on any atom is -0.288 e. The fraction of sp³-hybridized carbons (Fsp3) is 0.600. The molecule has 0 atom stereocenters. The second-order valence-electron chi connectivity index (χ2n) is 8.47. The molecule has 4 aliphatic carbocycles.